The van der Waals surface area contributed by atoms with Gasteiger partial charge in [0.25, 0.3) is 0 Å². The fraction of sp³-hybridized carbons (Fsp3) is 0.636. The molecular formula is C11H17ClN2OS. The van der Waals surface area contributed by atoms with Gasteiger partial charge in [-0.15, -0.1) is 11.3 Å². The van der Waals surface area contributed by atoms with Crippen LogP contribution in [-0.2, 0) is 4.74 Å². The highest BCUT2D eigenvalue weighted by atomic mass is 35.5. The van der Waals surface area contributed by atoms with Crippen LogP contribution >= 0.6 is 22.9 Å². The molecule has 2 rings (SSSR count). The van der Waals surface area contributed by atoms with Crippen LogP contribution in [0.2, 0.25) is 5.02 Å². The van der Waals surface area contributed by atoms with Crippen molar-refractivity contribution >= 4 is 22.9 Å². The molecule has 1 atom stereocenters. The maximum absolute atomic E-state index is 6.17. The number of hydrazine groups is 1. The lowest BCUT2D eigenvalue weighted by Crippen LogP contribution is -2.46. The van der Waals surface area contributed by atoms with Crippen molar-refractivity contribution in [3.8, 4) is 0 Å². The van der Waals surface area contributed by atoms with Crippen molar-refractivity contribution in [2.75, 3.05) is 7.11 Å². The second kappa shape index (κ2) is 5.02. The standard InChI is InChI=1S/C11H17ClN2OS/c1-15-11(5-2-3-6-11)10(14-13)9-8(12)4-7-16-9/h4,7,10,14H,2-3,5-6,13H2,1H3. The minimum atomic E-state index is -0.191. The first-order valence-electron chi connectivity index (χ1n) is 5.47. The molecule has 0 amide bonds. The zero-order chi connectivity index (χ0) is 11.6. The third-order valence-electron chi connectivity index (χ3n) is 3.46. The minimum absolute atomic E-state index is 0.00694. The van der Waals surface area contributed by atoms with Crippen LogP contribution in [0.5, 0.6) is 0 Å². The number of thiophene rings is 1. The molecule has 1 fully saturated rings. The molecule has 1 aliphatic carbocycles. The van der Waals surface area contributed by atoms with Gasteiger partial charge in [-0.2, -0.15) is 0 Å². The molecule has 1 saturated carbocycles. The van der Waals surface area contributed by atoms with Gasteiger partial charge in [0.1, 0.15) is 0 Å². The number of ether oxygens (including phenoxy) is 1. The molecule has 0 bridgehead atoms. The quantitative estimate of drug-likeness (QED) is 0.647. The molecule has 16 heavy (non-hydrogen) atoms. The van der Waals surface area contributed by atoms with E-state index in [1.165, 1.54) is 12.8 Å². The summed E-state index contributed by atoms with van der Waals surface area (Å²) in [4.78, 5) is 1.08. The summed E-state index contributed by atoms with van der Waals surface area (Å²) >= 11 is 7.80. The molecule has 90 valence electrons. The Kier molecular flexibility index (Phi) is 3.87. The van der Waals surface area contributed by atoms with E-state index in [1.807, 2.05) is 11.4 Å². The third kappa shape index (κ3) is 2.00. The summed E-state index contributed by atoms with van der Waals surface area (Å²) in [7, 11) is 1.76. The average Bonchev–Trinajstić information content (AvgIpc) is 2.91. The maximum Gasteiger partial charge on any atom is 0.0893 e. The Morgan fingerprint density at radius 3 is 2.69 bits per heavy atom. The Morgan fingerprint density at radius 2 is 2.25 bits per heavy atom. The van der Waals surface area contributed by atoms with E-state index < -0.39 is 0 Å². The van der Waals surface area contributed by atoms with Gasteiger partial charge in [0.15, 0.2) is 0 Å². The normalized spacial score (nSPS) is 21.2. The van der Waals surface area contributed by atoms with Gasteiger partial charge < -0.3 is 4.74 Å². The van der Waals surface area contributed by atoms with E-state index in [0.29, 0.717) is 0 Å². The number of hydrogen-bond donors (Lipinski definition) is 2. The van der Waals surface area contributed by atoms with Crippen LogP contribution in [-0.4, -0.2) is 12.7 Å². The van der Waals surface area contributed by atoms with Crippen LogP contribution in [0.1, 0.15) is 36.6 Å². The Bertz CT molecular complexity index is 350. The molecule has 1 aliphatic rings. The van der Waals surface area contributed by atoms with Gasteiger partial charge in [-0.3, -0.25) is 5.84 Å². The number of rotatable bonds is 4. The van der Waals surface area contributed by atoms with Gasteiger partial charge in [-0.05, 0) is 24.3 Å². The van der Waals surface area contributed by atoms with Crippen LogP contribution < -0.4 is 11.3 Å². The second-order valence-electron chi connectivity index (χ2n) is 4.21. The van der Waals surface area contributed by atoms with E-state index in [-0.39, 0.29) is 11.6 Å². The molecule has 1 heterocycles. The van der Waals surface area contributed by atoms with Crippen molar-refractivity contribution in [2.24, 2.45) is 5.84 Å². The molecule has 1 unspecified atom stereocenters. The lowest BCUT2D eigenvalue weighted by Gasteiger charge is -2.35. The first-order chi connectivity index (χ1) is 7.73. The molecule has 3 nitrogen and oxygen atoms in total. The van der Waals surface area contributed by atoms with E-state index in [2.05, 4.69) is 5.43 Å². The van der Waals surface area contributed by atoms with Crippen LogP contribution in [0, 0.1) is 0 Å². The zero-order valence-electron chi connectivity index (χ0n) is 9.33. The zero-order valence-corrected chi connectivity index (χ0v) is 10.9. The summed E-state index contributed by atoms with van der Waals surface area (Å²) < 4.78 is 5.74. The van der Waals surface area contributed by atoms with E-state index in [9.17, 15) is 0 Å². The molecule has 0 aromatic carbocycles. The van der Waals surface area contributed by atoms with Gasteiger partial charge >= 0.3 is 0 Å². The lowest BCUT2D eigenvalue weighted by molar-refractivity contribution is -0.0359. The molecule has 1 aromatic rings. The van der Waals surface area contributed by atoms with E-state index in [4.69, 9.17) is 22.2 Å². The molecule has 0 radical (unpaired) electrons. The van der Waals surface area contributed by atoms with Crippen molar-refractivity contribution in [3.63, 3.8) is 0 Å². The molecule has 3 N–H and O–H groups in total. The third-order valence-corrected chi connectivity index (χ3v) is 4.88. The summed E-state index contributed by atoms with van der Waals surface area (Å²) in [6, 6.07) is 1.90. The Labute approximate surface area is 105 Å². The number of nitrogens with one attached hydrogen (secondary N) is 1. The van der Waals surface area contributed by atoms with Crippen molar-refractivity contribution in [1.82, 2.24) is 5.43 Å². The predicted octanol–water partition coefficient (Wildman–Crippen LogP) is 2.87. The number of methoxy groups -OCH3 is 1. The minimum Gasteiger partial charge on any atom is -0.376 e. The largest absolute Gasteiger partial charge is 0.376 e. The van der Waals surface area contributed by atoms with Crippen LogP contribution in [0.4, 0.5) is 0 Å². The lowest BCUT2D eigenvalue weighted by atomic mass is 9.91. The van der Waals surface area contributed by atoms with E-state index >= 15 is 0 Å². The van der Waals surface area contributed by atoms with Gasteiger partial charge in [-0.1, -0.05) is 24.4 Å². The van der Waals surface area contributed by atoms with E-state index in [1.54, 1.807) is 18.4 Å². The van der Waals surface area contributed by atoms with Crippen molar-refractivity contribution in [1.29, 1.82) is 0 Å². The topological polar surface area (TPSA) is 47.3 Å². The Hall–Kier alpha value is -0.130. The highest BCUT2D eigenvalue weighted by Crippen LogP contribution is 2.45. The summed E-state index contributed by atoms with van der Waals surface area (Å²) in [6.45, 7) is 0. The summed E-state index contributed by atoms with van der Waals surface area (Å²) in [6.07, 6.45) is 4.45. The smallest absolute Gasteiger partial charge is 0.0893 e. The first-order valence-corrected chi connectivity index (χ1v) is 6.73. The molecule has 0 aliphatic heterocycles. The van der Waals surface area contributed by atoms with Crippen LogP contribution in [0.15, 0.2) is 11.4 Å². The molecule has 5 heteroatoms. The summed E-state index contributed by atoms with van der Waals surface area (Å²) in [5.74, 6) is 5.69. The molecular weight excluding hydrogens is 244 g/mol. The van der Waals surface area contributed by atoms with Crippen molar-refractivity contribution < 1.29 is 4.74 Å². The predicted molar refractivity (Wildman–Crippen MR) is 67.6 cm³/mol. The Morgan fingerprint density at radius 1 is 1.56 bits per heavy atom. The molecule has 0 saturated heterocycles. The number of nitrogens with two attached hydrogens (primary N) is 1. The van der Waals surface area contributed by atoms with Gasteiger partial charge in [0.05, 0.1) is 16.7 Å². The van der Waals surface area contributed by atoms with Crippen molar-refractivity contribution in [3.05, 3.63) is 21.3 Å². The SMILES string of the molecule is COC1(C(NN)c2sccc2Cl)CCCC1. The van der Waals surface area contributed by atoms with Gasteiger partial charge in [0.2, 0.25) is 0 Å². The summed E-state index contributed by atoms with van der Waals surface area (Å²) in [5.41, 5.74) is 2.69. The Balaban J connectivity index is 2.31. The van der Waals surface area contributed by atoms with Crippen LogP contribution in [0.25, 0.3) is 0 Å². The number of halogens is 1. The molecule has 1 aromatic heterocycles. The number of hydrogen-bond acceptors (Lipinski definition) is 4. The van der Waals surface area contributed by atoms with E-state index in [0.717, 1.165) is 22.7 Å². The molecule has 0 spiro atoms. The van der Waals surface area contributed by atoms with Crippen molar-refractivity contribution in [2.45, 2.75) is 37.3 Å². The second-order valence-corrected chi connectivity index (χ2v) is 5.56. The fourth-order valence-electron chi connectivity index (χ4n) is 2.56. The highest BCUT2D eigenvalue weighted by Gasteiger charge is 2.43. The monoisotopic (exact) mass is 260 g/mol. The van der Waals surface area contributed by atoms with Gasteiger partial charge in [0, 0.05) is 12.0 Å². The van der Waals surface area contributed by atoms with Crippen LogP contribution in [0.3, 0.4) is 0 Å². The summed E-state index contributed by atoms with van der Waals surface area (Å²) in [5, 5.41) is 2.76. The highest BCUT2D eigenvalue weighted by molar-refractivity contribution is 7.10. The maximum atomic E-state index is 6.17. The fourth-order valence-corrected chi connectivity index (χ4v) is 3.89. The first kappa shape index (κ1) is 12.3. The average molecular weight is 261 g/mol. The van der Waals surface area contributed by atoms with Gasteiger partial charge in [-0.25, -0.2) is 5.43 Å².